The lowest BCUT2D eigenvalue weighted by Gasteiger charge is -2.57. The Hall–Kier alpha value is -1.48. The van der Waals surface area contributed by atoms with Crippen molar-refractivity contribution in [1.29, 1.82) is 0 Å². The molecule has 0 amide bonds. The van der Waals surface area contributed by atoms with Gasteiger partial charge < -0.3 is 0 Å². The number of unbranched alkanes of at least 4 members (excludes halogenated alkanes) is 1. The molecule has 8 atom stereocenters. The number of hydrogen-bond acceptors (Lipinski definition) is 0. The third-order valence-corrected chi connectivity index (χ3v) is 11.6. The van der Waals surface area contributed by atoms with E-state index in [-0.39, 0.29) is 14.9 Å². The Balaban J connectivity index is 0.00000130. The molecular formula is C39H64. The van der Waals surface area contributed by atoms with Gasteiger partial charge in [0.05, 0.1) is 0 Å². The Morgan fingerprint density at radius 3 is 2.54 bits per heavy atom. The summed E-state index contributed by atoms with van der Waals surface area (Å²) in [6, 6.07) is 0. The topological polar surface area (TPSA) is 0 Å². The van der Waals surface area contributed by atoms with E-state index in [0.29, 0.717) is 16.7 Å². The summed E-state index contributed by atoms with van der Waals surface area (Å²) >= 11 is 0. The van der Waals surface area contributed by atoms with Crippen molar-refractivity contribution >= 4 is 0 Å². The van der Waals surface area contributed by atoms with Crippen molar-refractivity contribution in [3.8, 4) is 11.8 Å². The third-order valence-electron chi connectivity index (χ3n) is 11.6. The van der Waals surface area contributed by atoms with E-state index in [2.05, 4.69) is 69.9 Å². The van der Waals surface area contributed by atoms with E-state index in [1.54, 1.807) is 5.57 Å². The largest absolute Gasteiger partial charge is 0.101 e. The number of allylic oxidation sites excluding steroid dienone is 8. The Bertz CT molecular complexity index is 975. The van der Waals surface area contributed by atoms with Crippen molar-refractivity contribution in [1.82, 2.24) is 0 Å². The minimum absolute atomic E-state index is 0. The monoisotopic (exact) mass is 533 g/mol. The van der Waals surface area contributed by atoms with Gasteiger partial charge in [0.2, 0.25) is 0 Å². The van der Waals surface area contributed by atoms with E-state index in [9.17, 15) is 0 Å². The lowest BCUT2D eigenvalue weighted by atomic mass is 9.47. The van der Waals surface area contributed by atoms with Crippen LogP contribution in [0.3, 0.4) is 0 Å². The normalized spacial score (nSPS) is 38.2. The summed E-state index contributed by atoms with van der Waals surface area (Å²) in [4.78, 5) is 0. The van der Waals surface area contributed by atoms with Crippen LogP contribution in [-0.2, 0) is 0 Å². The van der Waals surface area contributed by atoms with Gasteiger partial charge in [-0.15, -0.1) is 5.92 Å². The molecule has 0 heterocycles. The smallest absolute Gasteiger partial charge is 0.0208 e. The first-order chi connectivity index (χ1) is 17.9. The van der Waals surface area contributed by atoms with Gasteiger partial charge in [0, 0.05) is 11.5 Å². The standard InChI is InChI=1S/C35H50.C2H6.2CH4/c1-6-9-11-26-18-20-34(4)29(24-26)14-15-30-32-17-16-31(35(32,5)21-19-33(30)34)28(8-3)23-27-13-12-25(22-27)10-7-2;1-2;;/h8,12-13,19,22,26-27,29-32H,6,9,11,14-18,20-21,23-24H2,1-5H3;1-2H3;2*1H4/t26?,27?,29-,30+,31?,32+,34?,35-;;;/m1.../s1. The zero-order valence-electron chi connectivity index (χ0n) is 25.3. The highest BCUT2D eigenvalue weighted by Crippen LogP contribution is 2.67. The number of hydrogen-bond donors (Lipinski definition) is 0. The first kappa shape index (κ1) is 33.7. The van der Waals surface area contributed by atoms with Gasteiger partial charge in [0.1, 0.15) is 0 Å². The van der Waals surface area contributed by atoms with Crippen molar-refractivity contribution in [2.75, 3.05) is 0 Å². The first-order valence-electron chi connectivity index (χ1n) is 16.1. The van der Waals surface area contributed by atoms with Crippen LogP contribution in [0.4, 0.5) is 0 Å². The summed E-state index contributed by atoms with van der Waals surface area (Å²) in [5.74, 6) is 11.3. The van der Waals surface area contributed by atoms with Crippen LogP contribution in [0.1, 0.15) is 140 Å². The minimum Gasteiger partial charge on any atom is -0.101 e. The van der Waals surface area contributed by atoms with E-state index in [4.69, 9.17) is 0 Å². The zero-order chi connectivity index (χ0) is 26.6. The summed E-state index contributed by atoms with van der Waals surface area (Å²) in [5.41, 5.74) is 5.82. The molecule has 0 spiro atoms. The molecular weight excluding hydrogens is 468 g/mol. The summed E-state index contributed by atoms with van der Waals surface area (Å²) < 4.78 is 0. The first-order valence-corrected chi connectivity index (χ1v) is 16.1. The molecule has 0 N–H and O–H groups in total. The minimum atomic E-state index is 0. The predicted molar refractivity (Wildman–Crippen MR) is 176 cm³/mol. The van der Waals surface area contributed by atoms with Gasteiger partial charge in [0.25, 0.3) is 0 Å². The molecule has 0 radical (unpaired) electrons. The van der Waals surface area contributed by atoms with Crippen molar-refractivity contribution in [2.24, 2.45) is 46.3 Å². The van der Waals surface area contributed by atoms with E-state index >= 15 is 0 Å². The lowest BCUT2D eigenvalue weighted by molar-refractivity contribution is 0.0181. The molecule has 4 unspecified atom stereocenters. The van der Waals surface area contributed by atoms with Crippen LogP contribution in [-0.4, -0.2) is 0 Å². The maximum atomic E-state index is 3.26. The quantitative estimate of drug-likeness (QED) is 0.236. The van der Waals surface area contributed by atoms with E-state index in [1.165, 1.54) is 82.6 Å². The fraction of sp³-hybridized carbons (Fsp3) is 0.744. The molecule has 39 heavy (non-hydrogen) atoms. The van der Waals surface area contributed by atoms with Crippen molar-refractivity contribution < 1.29 is 0 Å². The van der Waals surface area contributed by atoms with E-state index in [0.717, 1.165) is 29.6 Å². The molecule has 0 nitrogen and oxygen atoms in total. The molecule has 0 aromatic carbocycles. The van der Waals surface area contributed by atoms with Crippen LogP contribution in [0, 0.1) is 58.2 Å². The Morgan fingerprint density at radius 1 is 1.08 bits per heavy atom. The maximum Gasteiger partial charge on any atom is 0.0208 e. The van der Waals surface area contributed by atoms with Crippen molar-refractivity contribution in [2.45, 2.75) is 140 Å². The Morgan fingerprint density at radius 2 is 1.85 bits per heavy atom. The number of fused-ring (bicyclic) bond motifs is 5. The van der Waals surface area contributed by atoms with Crippen molar-refractivity contribution in [3.63, 3.8) is 0 Å². The number of rotatable bonds is 6. The second-order valence-electron chi connectivity index (χ2n) is 13.3. The van der Waals surface area contributed by atoms with Crippen LogP contribution < -0.4 is 0 Å². The van der Waals surface area contributed by atoms with Gasteiger partial charge >= 0.3 is 0 Å². The average Bonchev–Trinajstić information content (AvgIpc) is 3.50. The highest BCUT2D eigenvalue weighted by atomic mass is 14.6. The second kappa shape index (κ2) is 14.4. The maximum absolute atomic E-state index is 3.26. The fourth-order valence-electron chi connectivity index (χ4n) is 9.64. The zero-order valence-corrected chi connectivity index (χ0v) is 25.3. The third kappa shape index (κ3) is 6.39. The van der Waals surface area contributed by atoms with E-state index < -0.39 is 0 Å². The molecule has 0 aromatic rings. The molecule has 0 saturated heterocycles. The molecule has 0 bridgehead atoms. The summed E-state index contributed by atoms with van der Waals surface area (Å²) in [7, 11) is 0. The average molecular weight is 533 g/mol. The fourth-order valence-corrected chi connectivity index (χ4v) is 9.64. The van der Waals surface area contributed by atoms with E-state index in [1.807, 2.05) is 26.3 Å². The van der Waals surface area contributed by atoms with Gasteiger partial charge in [-0.1, -0.05) is 116 Å². The van der Waals surface area contributed by atoms with Gasteiger partial charge in [-0.25, -0.2) is 0 Å². The van der Waals surface area contributed by atoms with Crippen LogP contribution in [0.25, 0.3) is 0 Å². The van der Waals surface area contributed by atoms with Crippen molar-refractivity contribution in [3.05, 3.63) is 47.1 Å². The molecule has 0 aromatic heterocycles. The van der Waals surface area contributed by atoms with Gasteiger partial charge in [-0.2, -0.15) is 0 Å². The van der Waals surface area contributed by atoms with Crippen LogP contribution in [0.5, 0.6) is 0 Å². The Kier molecular flexibility index (Phi) is 12.5. The molecule has 3 fully saturated rings. The van der Waals surface area contributed by atoms with Gasteiger partial charge in [-0.3, -0.25) is 0 Å². The Labute approximate surface area is 245 Å². The summed E-state index contributed by atoms with van der Waals surface area (Å²) in [5, 5.41) is 0. The lowest BCUT2D eigenvalue weighted by Crippen LogP contribution is -2.48. The molecule has 5 aliphatic carbocycles. The van der Waals surface area contributed by atoms with Crippen LogP contribution >= 0.6 is 0 Å². The molecule has 5 aliphatic rings. The van der Waals surface area contributed by atoms with Gasteiger partial charge in [-0.05, 0) is 112 Å². The molecule has 0 aliphatic heterocycles. The van der Waals surface area contributed by atoms with Crippen LogP contribution in [0.2, 0.25) is 0 Å². The summed E-state index contributed by atoms with van der Waals surface area (Å²) in [6.07, 6.45) is 29.4. The molecule has 220 valence electrons. The SMILES string of the molecule is C.C.CC.CC#CC1=CC(CC(=CC)C2CC[C@H]3[C@@H]4CC[C@@H]5CC(CCCC)CCC5(C)C4=CC[C@]23C)C=C1. The predicted octanol–water partition coefficient (Wildman–Crippen LogP) is 12.1. The molecule has 5 rings (SSSR count). The summed E-state index contributed by atoms with van der Waals surface area (Å²) in [6.45, 7) is 16.0. The molecule has 0 heteroatoms. The molecule has 3 saturated carbocycles. The van der Waals surface area contributed by atoms with Gasteiger partial charge in [0.15, 0.2) is 0 Å². The highest BCUT2D eigenvalue weighted by Gasteiger charge is 2.57. The highest BCUT2D eigenvalue weighted by molar-refractivity contribution is 5.44. The second-order valence-corrected chi connectivity index (χ2v) is 13.3. The van der Waals surface area contributed by atoms with Crippen LogP contribution in [0.15, 0.2) is 47.1 Å².